The highest BCUT2D eigenvalue weighted by atomic mass is 19.1. The first-order chi connectivity index (χ1) is 19.0. The van der Waals surface area contributed by atoms with E-state index in [0.717, 1.165) is 18.2 Å². The van der Waals surface area contributed by atoms with E-state index >= 15 is 0 Å². The number of amides is 1. The summed E-state index contributed by atoms with van der Waals surface area (Å²) in [5.41, 5.74) is -0.151. The van der Waals surface area contributed by atoms with Crippen molar-refractivity contribution in [1.82, 2.24) is 19.8 Å². The SMILES string of the molecule is CC(C)(CCO)C(c1nc(-c2cc(F)ccc2F)cn1Cc1cccc(O)c1)N(CC1CNCC1F)C(=O)CO. The molecule has 0 radical (unpaired) electrons. The number of carbonyl (C=O) groups is 1. The van der Waals surface area contributed by atoms with Crippen LogP contribution in [0, 0.1) is 23.0 Å². The molecule has 8 nitrogen and oxygen atoms in total. The number of rotatable bonds is 11. The number of aliphatic hydroxyl groups is 2. The molecule has 1 aliphatic heterocycles. The van der Waals surface area contributed by atoms with Gasteiger partial charge in [-0.15, -0.1) is 0 Å². The second-order valence-electron chi connectivity index (χ2n) is 10.9. The van der Waals surface area contributed by atoms with Crippen LogP contribution in [0.5, 0.6) is 5.75 Å². The number of phenolic OH excluding ortho intramolecular Hbond substituents is 1. The molecule has 0 bridgehead atoms. The predicted octanol–water partition coefficient (Wildman–Crippen LogP) is 3.41. The maximum absolute atomic E-state index is 14.9. The van der Waals surface area contributed by atoms with Gasteiger partial charge in [-0.05, 0) is 47.7 Å². The number of halogens is 3. The topological polar surface area (TPSA) is 111 Å². The van der Waals surface area contributed by atoms with Crippen LogP contribution in [-0.2, 0) is 11.3 Å². The van der Waals surface area contributed by atoms with E-state index in [-0.39, 0.29) is 55.5 Å². The van der Waals surface area contributed by atoms with Crippen LogP contribution in [0.4, 0.5) is 13.2 Å². The van der Waals surface area contributed by atoms with E-state index < -0.39 is 47.7 Å². The summed E-state index contributed by atoms with van der Waals surface area (Å²) in [6.07, 6.45) is 0.549. The fraction of sp³-hybridized carbons (Fsp3) is 0.448. The summed E-state index contributed by atoms with van der Waals surface area (Å²) in [6, 6.07) is 8.64. The Morgan fingerprint density at radius 2 is 1.98 bits per heavy atom. The van der Waals surface area contributed by atoms with Gasteiger partial charge in [0.05, 0.1) is 11.7 Å². The van der Waals surface area contributed by atoms with E-state index in [1.54, 1.807) is 22.8 Å². The van der Waals surface area contributed by atoms with E-state index in [2.05, 4.69) is 5.32 Å². The Labute approximate surface area is 231 Å². The molecule has 2 heterocycles. The zero-order chi connectivity index (χ0) is 29.0. The van der Waals surface area contributed by atoms with Crippen LogP contribution < -0.4 is 5.32 Å². The number of hydrogen-bond acceptors (Lipinski definition) is 6. The van der Waals surface area contributed by atoms with Crippen molar-refractivity contribution in [3.05, 3.63) is 71.7 Å². The number of aromatic nitrogens is 2. The monoisotopic (exact) mass is 560 g/mol. The van der Waals surface area contributed by atoms with Gasteiger partial charge in [0.2, 0.25) is 5.91 Å². The van der Waals surface area contributed by atoms with Crippen molar-refractivity contribution in [3.8, 4) is 17.0 Å². The number of aliphatic hydroxyl groups excluding tert-OH is 2. The minimum Gasteiger partial charge on any atom is -0.508 e. The summed E-state index contributed by atoms with van der Waals surface area (Å²) in [6.45, 7) is 3.18. The number of alkyl halides is 1. The van der Waals surface area contributed by atoms with E-state index in [4.69, 9.17) is 4.98 Å². The van der Waals surface area contributed by atoms with Crippen LogP contribution in [-0.4, -0.2) is 74.7 Å². The van der Waals surface area contributed by atoms with Crippen molar-refractivity contribution < 1.29 is 33.3 Å². The lowest BCUT2D eigenvalue weighted by molar-refractivity contribution is -0.141. The van der Waals surface area contributed by atoms with Gasteiger partial charge in [-0.2, -0.15) is 0 Å². The largest absolute Gasteiger partial charge is 0.508 e. The van der Waals surface area contributed by atoms with Gasteiger partial charge < -0.3 is 30.1 Å². The lowest BCUT2D eigenvalue weighted by Crippen LogP contribution is -2.48. The number of imidazole rings is 1. The second kappa shape index (κ2) is 12.4. The zero-order valence-corrected chi connectivity index (χ0v) is 22.5. The van der Waals surface area contributed by atoms with Gasteiger partial charge in [0, 0.05) is 50.5 Å². The molecule has 1 aromatic heterocycles. The average Bonchev–Trinajstić information content (AvgIpc) is 3.50. The summed E-state index contributed by atoms with van der Waals surface area (Å²) in [5, 5.41) is 32.8. The number of aromatic hydroxyl groups is 1. The highest BCUT2D eigenvalue weighted by Gasteiger charge is 2.43. The van der Waals surface area contributed by atoms with Crippen molar-refractivity contribution in [2.75, 3.05) is 32.8 Å². The van der Waals surface area contributed by atoms with Gasteiger partial charge in [0.1, 0.15) is 36.0 Å². The Kier molecular flexibility index (Phi) is 9.17. The average molecular weight is 561 g/mol. The van der Waals surface area contributed by atoms with Gasteiger partial charge >= 0.3 is 0 Å². The molecule has 3 atom stereocenters. The molecule has 1 amide bonds. The Morgan fingerprint density at radius 1 is 1.20 bits per heavy atom. The van der Waals surface area contributed by atoms with Gasteiger partial charge in [0.25, 0.3) is 0 Å². The zero-order valence-electron chi connectivity index (χ0n) is 22.5. The van der Waals surface area contributed by atoms with Crippen molar-refractivity contribution in [1.29, 1.82) is 0 Å². The van der Waals surface area contributed by atoms with Crippen molar-refractivity contribution >= 4 is 5.91 Å². The van der Waals surface area contributed by atoms with Gasteiger partial charge in [-0.25, -0.2) is 18.2 Å². The van der Waals surface area contributed by atoms with Crippen LogP contribution >= 0.6 is 0 Å². The van der Waals surface area contributed by atoms with Crippen LogP contribution in [0.25, 0.3) is 11.3 Å². The summed E-state index contributed by atoms with van der Waals surface area (Å²) in [4.78, 5) is 19.3. The smallest absolute Gasteiger partial charge is 0.248 e. The van der Waals surface area contributed by atoms with E-state index in [1.165, 1.54) is 17.2 Å². The van der Waals surface area contributed by atoms with Crippen molar-refractivity contribution in [2.24, 2.45) is 11.3 Å². The number of nitrogens with one attached hydrogen (secondary N) is 1. The predicted molar refractivity (Wildman–Crippen MR) is 143 cm³/mol. The molecule has 11 heteroatoms. The molecule has 2 aromatic carbocycles. The van der Waals surface area contributed by atoms with Gasteiger partial charge in [0.15, 0.2) is 0 Å². The highest BCUT2D eigenvalue weighted by molar-refractivity contribution is 5.78. The molecule has 0 spiro atoms. The first kappa shape index (κ1) is 29.6. The molecule has 3 unspecified atom stereocenters. The van der Waals surface area contributed by atoms with Crippen LogP contribution in [0.1, 0.15) is 37.7 Å². The van der Waals surface area contributed by atoms with Crippen LogP contribution in [0.3, 0.4) is 0 Å². The summed E-state index contributed by atoms with van der Waals surface area (Å²) in [7, 11) is 0. The van der Waals surface area contributed by atoms with E-state index in [0.29, 0.717) is 12.1 Å². The Hall–Kier alpha value is -3.41. The molecular formula is C29H35F3N4O4. The normalized spacial score (nSPS) is 18.2. The quantitative estimate of drug-likeness (QED) is 0.286. The third-order valence-corrected chi connectivity index (χ3v) is 7.47. The molecule has 4 rings (SSSR count). The summed E-state index contributed by atoms with van der Waals surface area (Å²) >= 11 is 0. The lowest BCUT2D eigenvalue weighted by atomic mass is 9.79. The molecule has 0 aliphatic carbocycles. The molecule has 4 N–H and O–H groups in total. The third-order valence-electron chi connectivity index (χ3n) is 7.47. The van der Waals surface area contributed by atoms with Gasteiger partial charge in [-0.3, -0.25) is 4.79 Å². The summed E-state index contributed by atoms with van der Waals surface area (Å²) in [5.74, 6) is -2.23. The fourth-order valence-electron chi connectivity index (χ4n) is 5.36. The van der Waals surface area contributed by atoms with Gasteiger partial charge in [-0.1, -0.05) is 26.0 Å². The first-order valence-electron chi connectivity index (χ1n) is 13.2. The standard InChI is InChI=1S/C29H35F3N4O4/c1-29(2,8-9-37)27(36(26(40)17-38)15-19-12-33-13-24(19)32)28-34-25(22-11-20(30)6-7-23(22)31)16-35(28)14-18-4-3-5-21(39)10-18/h3-7,10-11,16,19,24,27,33,37-39H,8-9,12-15,17H2,1-2H3. The van der Waals surface area contributed by atoms with E-state index in [9.17, 15) is 33.3 Å². The Balaban J connectivity index is 1.91. The number of phenols is 1. The second-order valence-corrected chi connectivity index (χ2v) is 10.9. The first-order valence-corrected chi connectivity index (χ1v) is 13.2. The number of nitrogens with zero attached hydrogens (tertiary/aromatic N) is 3. The van der Waals surface area contributed by atoms with E-state index in [1.807, 2.05) is 13.8 Å². The highest BCUT2D eigenvalue weighted by Crippen LogP contribution is 2.42. The maximum Gasteiger partial charge on any atom is 0.248 e. The molecule has 40 heavy (non-hydrogen) atoms. The minimum absolute atomic E-state index is 0.0320. The molecule has 0 saturated carbocycles. The van der Waals surface area contributed by atoms with Crippen LogP contribution in [0.2, 0.25) is 0 Å². The van der Waals surface area contributed by atoms with Crippen molar-refractivity contribution in [2.45, 2.75) is 39.0 Å². The molecule has 3 aromatic rings. The lowest BCUT2D eigenvalue weighted by Gasteiger charge is -2.42. The van der Waals surface area contributed by atoms with Crippen molar-refractivity contribution in [3.63, 3.8) is 0 Å². The number of carbonyl (C=O) groups excluding carboxylic acids is 1. The Bertz CT molecular complexity index is 1330. The molecular weight excluding hydrogens is 525 g/mol. The van der Waals surface area contributed by atoms with Crippen LogP contribution in [0.15, 0.2) is 48.7 Å². The minimum atomic E-state index is -1.21. The molecule has 1 saturated heterocycles. The number of hydrogen-bond donors (Lipinski definition) is 4. The maximum atomic E-state index is 14.9. The molecule has 1 aliphatic rings. The molecule has 1 fully saturated rings. The molecule has 216 valence electrons. The Morgan fingerprint density at radius 3 is 2.62 bits per heavy atom. The summed E-state index contributed by atoms with van der Waals surface area (Å²) < 4.78 is 45.4. The third kappa shape index (κ3) is 6.48. The fourth-order valence-corrected chi connectivity index (χ4v) is 5.36. The number of benzene rings is 2.